The molecule has 5 heteroatoms. The predicted octanol–water partition coefficient (Wildman–Crippen LogP) is 4.50. The molecule has 0 radical (unpaired) electrons. The molecule has 0 amide bonds. The first-order valence-corrected chi connectivity index (χ1v) is 6.35. The molecular formula is C16H12F3NO. The summed E-state index contributed by atoms with van der Waals surface area (Å²) in [5, 5.41) is 0.808. The van der Waals surface area contributed by atoms with Crippen LogP contribution in [0, 0.1) is 0 Å². The fraction of sp³-hybridized carbons (Fsp3) is 0.125. The fourth-order valence-corrected chi connectivity index (χ4v) is 2.33. The van der Waals surface area contributed by atoms with Crippen LogP contribution in [0.3, 0.4) is 0 Å². The van der Waals surface area contributed by atoms with Crippen molar-refractivity contribution in [1.82, 2.24) is 0 Å². The van der Waals surface area contributed by atoms with Crippen LogP contribution in [0.15, 0.2) is 59.2 Å². The molecule has 0 aliphatic rings. The summed E-state index contributed by atoms with van der Waals surface area (Å²) in [6.07, 6.45) is -2.89. The Morgan fingerprint density at radius 1 is 1.00 bits per heavy atom. The van der Waals surface area contributed by atoms with Crippen LogP contribution in [0.2, 0.25) is 0 Å². The lowest BCUT2D eigenvalue weighted by Crippen LogP contribution is -2.13. The highest BCUT2D eigenvalue weighted by atomic mass is 19.4. The maximum absolute atomic E-state index is 12.8. The number of benzene rings is 2. The van der Waals surface area contributed by atoms with Crippen molar-refractivity contribution in [1.29, 1.82) is 0 Å². The number of furan rings is 1. The van der Waals surface area contributed by atoms with Gasteiger partial charge >= 0.3 is 6.18 Å². The van der Waals surface area contributed by atoms with E-state index in [4.69, 9.17) is 10.2 Å². The Bertz CT molecular complexity index is 776. The third-order valence-electron chi connectivity index (χ3n) is 3.42. The molecule has 0 saturated carbocycles. The molecule has 3 rings (SSSR count). The van der Waals surface area contributed by atoms with Crippen LogP contribution in [-0.2, 0) is 6.18 Å². The number of alkyl halides is 3. The average Bonchev–Trinajstić information content (AvgIpc) is 2.90. The number of halogens is 3. The molecule has 0 aliphatic heterocycles. The van der Waals surface area contributed by atoms with E-state index in [0.717, 1.165) is 17.5 Å². The van der Waals surface area contributed by atoms with Crippen LogP contribution in [0.5, 0.6) is 0 Å². The van der Waals surface area contributed by atoms with Crippen LogP contribution in [-0.4, -0.2) is 0 Å². The van der Waals surface area contributed by atoms with E-state index in [1.54, 1.807) is 12.1 Å². The van der Waals surface area contributed by atoms with E-state index in [1.165, 1.54) is 12.3 Å². The molecule has 1 heterocycles. The van der Waals surface area contributed by atoms with Gasteiger partial charge in [0.2, 0.25) is 0 Å². The first-order chi connectivity index (χ1) is 9.97. The molecule has 1 atom stereocenters. The van der Waals surface area contributed by atoms with Crippen molar-refractivity contribution in [3.8, 4) is 0 Å². The molecule has 3 aromatic rings. The average molecular weight is 291 g/mol. The first kappa shape index (κ1) is 13.7. The standard InChI is InChI=1S/C16H12F3NO/c17-16(18,19)11-5-3-4-10(8-11)15(20)13-9-21-14-7-2-1-6-12(13)14/h1-9,15H,20H2. The first-order valence-electron chi connectivity index (χ1n) is 6.35. The number of fused-ring (bicyclic) bond motifs is 1. The Morgan fingerprint density at radius 2 is 1.76 bits per heavy atom. The molecule has 0 fully saturated rings. The van der Waals surface area contributed by atoms with Crippen LogP contribution in [0.4, 0.5) is 13.2 Å². The van der Waals surface area contributed by atoms with Gasteiger partial charge in [-0.1, -0.05) is 30.3 Å². The molecule has 1 unspecified atom stereocenters. The second-order valence-electron chi connectivity index (χ2n) is 4.79. The van der Waals surface area contributed by atoms with Gasteiger partial charge in [0.25, 0.3) is 0 Å². The Hall–Kier alpha value is -2.27. The number of para-hydroxylation sites is 1. The molecule has 2 N–H and O–H groups in total. The van der Waals surface area contributed by atoms with Gasteiger partial charge < -0.3 is 10.2 Å². The summed E-state index contributed by atoms with van der Waals surface area (Å²) in [5.74, 6) is 0. The van der Waals surface area contributed by atoms with E-state index < -0.39 is 17.8 Å². The minimum absolute atomic E-state index is 0.399. The highest BCUT2D eigenvalue weighted by molar-refractivity contribution is 5.81. The number of nitrogens with two attached hydrogens (primary N) is 1. The minimum atomic E-state index is -4.38. The van der Waals surface area contributed by atoms with E-state index in [1.807, 2.05) is 18.2 Å². The van der Waals surface area contributed by atoms with E-state index in [9.17, 15) is 13.2 Å². The zero-order chi connectivity index (χ0) is 15.0. The monoisotopic (exact) mass is 291 g/mol. The largest absolute Gasteiger partial charge is 0.464 e. The van der Waals surface area contributed by atoms with Gasteiger partial charge in [-0.3, -0.25) is 0 Å². The molecular weight excluding hydrogens is 279 g/mol. The zero-order valence-corrected chi connectivity index (χ0v) is 10.9. The van der Waals surface area contributed by atoms with Crippen molar-refractivity contribution in [3.63, 3.8) is 0 Å². The SMILES string of the molecule is NC(c1cccc(C(F)(F)F)c1)c1coc2ccccc12. The van der Waals surface area contributed by atoms with Crippen molar-refractivity contribution in [2.75, 3.05) is 0 Å². The summed E-state index contributed by atoms with van der Waals surface area (Å²) in [5.41, 5.74) is 7.14. The van der Waals surface area contributed by atoms with Gasteiger partial charge in [0.15, 0.2) is 0 Å². The van der Waals surface area contributed by atoms with Crippen LogP contribution >= 0.6 is 0 Å². The highest BCUT2D eigenvalue weighted by Gasteiger charge is 2.31. The van der Waals surface area contributed by atoms with Crippen molar-refractivity contribution in [2.24, 2.45) is 5.73 Å². The van der Waals surface area contributed by atoms with E-state index in [2.05, 4.69) is 0 Å². The lowest BCUT2D eigenvalue weighted by Gasteiger charge is -2.13. The zero-order valence-electron chi connectivity index (χ0n) is 10.9. The highest BCUT2D eigenvalue weighted by Crippen LogP contribution is 2.33. The maximum atomic E-state index is 12.8. The molecule has 2 nitrogen and oxygen atoms in total. The molecule has 21 heavy (non-hydrogen) atoms. The van der Waals surface area contributed by atoms with Crippen LogP contribution in [0.1, 0.15) is 22.7 Å². The Balaban J connectivity index is 2.04. The van der Waals surface area contributed by atoms with E-state index in [0.29, 0.717) is 16.7 Å². The number of hydrogen-bond acceptors (Lipinski definition) is 2. The Labute approximate surface area is 119 Å². The lowest BCUT2D eigenvalue weighted by atomic mass is 9.97. The third-order valence-corrected chi connectivity index (χ3v) is 3.42. The van der Waals surface area contributed by atoms with Gasteiger partial charge in [-0.2, -0.15) is 13.2 Å². The van der Waals surface area contributed by atoms with E-state index in [-0.39, 0.29) is 0 Å². The normalized spacial score (nSPS) is 13.5. The summed E-state index contributed by atoms with van der Waals surface area (Å²) in [4.78, 5) is 0. The van der Waals surface area contributed by atoms with Crippen molar-refractivity contribution in [3.05, 3.63) is 71.5 Å². The predicted molar refractivity (Wildman–Crippen MR) is 73.7 cm³/mol. The molecule has 0 bridgehead atoms. The van der Waals surface area contributed by atoms with Gasteiger partial charge in [-0.15, -0.1) is 0 Å². The van der Waals surface area contributed by atoms with Crippen LogP contribution < -0.4 is 5.73 Å². The summed E-state index contributed by atoms with van der Waals surface area (Å²) < 4.78 is 43.7. The maximum Gasteiger partial charge on any atom is 0.416 e. The molecule has 0 aliphatic carbocycles. The van der Waals surface area contributed by atoms with Gasteiger partial charge in [0.05, 0.1) is 17.9 Å². The smallest absolute Gasteiger partial charge is 0.416 e. The molecule has 0 spiro atoms. The summed E-state index contributed by atoms with van der Waals surface area (Å²) >= 11 is 0. The summed E-state index contributed by atoms with van der Waals surface area (Å²) in [6, 6.07) is 11.7. The van der Waals surface area contributed by atoms with Crippen molar-refractivity contribution in [2.45, 2.75) is 12.2 Å². The second-order valence-corrected chi connectivity index (χ2v) is 4.79. The lowest BCUT2D eigenvalue weighted by molar-refractivity contribution is -0.137. The Kier molecular flexibility index (Phi) is 3.22. The second kappa shape index (κ2) is 4.93. The molecule has 2 aromatic carbocycles. The Morgan fingerprint density at radius 3 is 2.52 bits per heavy atom. The molecule has 0 saturated heterocycles. The molecule has 1 aromatic heterocycles. The summed E-state index contributed by atoms with van der Waals surface area (Å²) in [6.45, 7) is 0. The van der Waals surface area contributed by atoms with Gasteiger partial charge in [-0.25, -0.2) is 0 Å². The van der Waals surface area contributed by atoms with Gasteiger partial charge in [0, 0.05) is 10.9 Å². The minimum Gasteiger partial charge on any atom is -0.464 e. The van der Waals surface area contributed by atoms with Gasteiger partial charge in [0.1, 0.15) is 5.58 Å². The van der Waals surface area contributed by atoms with Crippen molar-refractivity contribution < 1.29 is 17.6 Å². The van der Waals surface area contributed by atoms with Crippen molar-refractivity contribution >= 4 is 11.0 Å². The number of rotatable bonds is 2. The van der Waals surface area contributed by atoms with E-state index >= 15 is 0 Å². The molecule has 108 valence electrons. The van der Waals surface area contributed by atoms with Crippen LogP contribution in [0.25, 0.3) is 11.0 Å². The van der Waals surface area contributed by atoms with Gasteiger partial charge in [-0.05, 0) is 23.8 Å². The number of hydrogen-bond donors (Lipinski definition) is 1. The quantitative estimate of drug-likeness (QED) is 0.755. The third kappa shape index (κ3) is 2.52. The topological polar surface area (TPSA) is 39.2 Å². The fourth-order valence-electron chi connectivity index (χ4n) is 2.33. The summed E-state index contributed by atoms with van der Waals surface area (Å²) in [7, 11) is 0.